The molecule has 10 heteroatoms. The summed E-state index contributed by atoms with van der Waals surface area (Å²) in [5.41, 5.74) is 1.09. The molecule has 4 aromatic rings. The van der Waals surface area contributed by atoms with Crippen LogP contribution >= 0.6 is 22.9 Å². The Labute approximate surface area is 240 Å². The second-order valence-electron chi connectivity index (χ2n) is 9.38. The summed E-state index contributed by atoms with van der Waals surface area (Å²) in [6.07, 6.45) is 3.04. The van der Waals surface area contributed by atoms with Gasteiger partial charge in [-0.1, -0.05) is 48.8 Å². The van der Waals surface area contributed by atoms with E-state index in [9.17, 15) is 14.7 Å². The van der Waals surface area contributed by atoms with E-state index in [1.165, 1.54) is 22.3 Å². The summed E-state index contributed by atoms with van der Waals surface area (Å²) in [5, 5.41) is 11.9. The van der Waals surface area contributed by atoms with Crippen LogP contribution in [-0.4, -0.2) is 35.0 Å². The van der Waals surface area contributed by atoms with Crippen molar-refractivity contribution in [3.05, 3.63) is 82.0 Å². The summed E-state index contributed by atoms with van der Waals surface area (Å²) >= 11 is 7.42. The fraction of sp³-hybridized carbons (Fsp3) is 0.300. The number of ether oxygens (including phenoxy) is 2. The predicted molar refractivity (Wildman–Crippen MR) is 155 cm³/mol. The molecular weight excluding hydrogens is 552 g/mol. The van der Waals surface area contributed by atoms with Gasteiger partial charge in [0, 0.05) is 5.02 Å². The van der Waals surface area contributed by atoms with Crippen molar-refractivity contribution in [1.82, 2.24) is 4.98 Å². The van der Waals surface area contributed by atoms with Crippen molar-refractivity contribution in [3.63, 3.8) is 0 Å². The molecule has 0 aliphatic carbocycles. The number of nitrogens with zero attached hydrogens (tertiary/aromatic N) is 2. The summed E-state index contributed by atoms with van der Waals surface area (Å²) in [7, 11) is 0. The zero-order chi connectivity index (χ0) is 28.4. The van der Waals surface area contributed by atoms with E-state index in [4.69, 9.17) is 25.5 Å². The molecule has 0 fully saturated rings. The van der Waals surface area contributed by atoms with Gasteiger partial charge in [-0.2, -0.15) is 0 Å². The number of Topliss-reactive ketones (excluding diaryl/α,β-unsaturated/α-hetero) is 1. The topological polar surface area (TPSA) is 102 Å². The lowest BCUT2D eigenvalue weighted by atomic mass is 9.95. The van der Waals surface area contributed by atoms with E-state index in [1.54, 1.807) is 49.4 Å². The first kappa shape index (κ1) is 27.7. The number of rotatable bonds is 11. The van der Waals surface area contributed by atoms with Gasteiger partial charge in [-0.3, -0.25) is 14.5 Å². The van der Waals surface area contributed by atoms with Crippen LogP contribution in [0.25, 0.3) is 10.2 Å². The second-order valence-corrected chi connectivity index (χ2v) is 10.8. The van der Waals surface area contributed by atoms with Crippen LogP contribution in [0.5, 0.6) is 11.5 Å². The number of carbonyl (C=O) groups is 2. The first-order valence-electron chi connectivity index (χ1n) is 13.2. The van der Waals surface area contributed by atoms with E-state index < -0.39 is 23.5 Å². The third-order valence-corrected chi connectivity index (χ3v) is 7.80. The minimum Gasteiger partial charge on any atom is -0.503 e. The van der Waals surface area contributed by atoms with Crippen molar-refractivity contribution in [1.29, 1.82) is 0 Å². The number of benzene rings is 2. The first-order valence-corrected chi connectivity index (χ1v) is 14.3. The average molecular weight is 581 g/mol. The molecule has 0 bridgehead atoms. The number of ketones is 1. The number of carbonyl (C=O) groups excluding carboxylic acids is 2. The number of aliphatic hydroxyl groups is 1. The highest BCUT2D eigenvalue weighted by atomic mass is 35.5. The van der Waals surface area contributed by atoms with Gasteiger partial charge in [0.05, 0.1) is 35.0 Å². The standard InChI is InChI=1S/C30H29ClN2O6S/c1-4-6-7-14-38-21-13-9-18(15-23(21)37-5-2)26-25(27(34)22-12-8-17(3)39-22)28(35)29(36)33(26)30-32-20-11-10-19(31)16-24(20)40-30/h8-13,15-16,26,35H,4-7,14H2,1-3H3. The van der Waals surface area contributed by atoms with E-state index >= 15 is 0 Å². The molecule has 1 amide bonds. The van der Waals surface area contributed by atoms with E-state index in [1.807, 2.05) is 6.92 Å². The SMILES string of the molecule is CCCCCOc1ccc(C2C(C(=O)c3ccc(C)o3)=C(O)C(=O)N2c2nc3ccc(Cl)cc3s2)cc1OCC. The summed E-state index contributed by atoms with van der Waals surface area (Å²) in [6.45, 7) is 6.64. The number of hydrogen-bond donors (Lipinski definition) is 1. The summed E-state index contributed by atoms with van der Waals surface area (Å²) in [5.74, 6) is -0.377. The van der Waals surface area contributed by atoms with E-state index in [0.29, 0.717) is 51.7 Å². The quantitative estimate of drug-likeness (QED) is 0.144. The smallest absolute Gasteiger partial charge is 0.296 e. The van der Waals surface area contributed by atoms with Crippen LogP contribution in [0.15, 0.2) is 64.3 Å². The molecule has 1 atom stereocenters. The van der Waals surface area contributed by atoms with Crippen LogP contribution in [0.3, 0.4) is 0 Å². The molecule has 2 aromatic carbocycles. The third-order valence-electron chi connectivity index (χ3n) is 6.55. The van der Waals surface area contributed by atoms with Crippen molar-refractivity contribution < 1.29 is 28.6 Å². The van der Waals surface area contributed by atoms with Gasteiger partial charge in [0.2, 0.25) is 5.78 Å². The Balaban J connectivity index is 1.62. The molecule has 8 nitrogen and oxygen atoms in total. The summed E-state index contributed by atoms with van der Waals surface area (Å²) in [4.78, 5) is 33.3. The number of amides is 1. The lowest BCUT2D eigenvalue weighted by Crippen LogP contribution is -2.31. The molecule has 1 aliphatic rings. The molecule has 3 heterocycles. The van der Waals surface area contributed by atoms with Gasteiger partial charge in [-0.25, -0.2) is 4.98 Å². The molecule has 5 rings (SSSR count). The van der Waals surface area contributed by atoms with Crippen molar-refractivity contribution >= 4 is 50.0 Å². The van der Waals surface area contributed by atoms with Crippen LogP contribution < -0.4 is 14.4 Å². The Morgan fingerprint density at radius 1 is 1.10 bits per heavy atom. The van der Waals surface area contributed by atoms with Crippen molar-refractivity contribution in [2.75, 3.05) is 18.1 Å². The molecule has 1 aliphatic heterocycles. The Kier molecular flexibility index (Phi) is 8.14. The lowest BCUT2D eigenvalue weighted by Gasteiger charge is -2.25. The van der Waals surface area contributed by atoms with Gasteiger partial charge in [0.1, 0.15) is 5.76 Å². The molecule has 208 valence electrons. The van der Waals surface area contributed by atoms with Crippen LogP contribution in [0.2, 0.25) is 5.02 Å². The fourth-order valence-electron chi connectivity index (χ4n) is 4.65. The minimum atomic E-state index is -0.991. The number of anilines is 1. The normalized spacial score (nSPS) is 15.3. The molecule has 1 unspecified atom stereocenters. The average Bonchev–Trinajstić information content (AvgIpc) is 3.62. The van der Waals surface area contributed by atoms with Crippen LogP contribution in [0.1, 0.15) is 61.0 Å². The molecule has 0 saturated carbocycles. The highest BCUT2D eigenvalue weighted by molar-refractivity contribution is 7.22. The van der Waals surface area contributed by atoms with E-state index in [2.05, 4.69) is 11.9 Å². The van der Waals surface area contributed by atoms with Crippen LogP contribution in [0.4, 0.5) is 5.13 Å². The monoisotopic (exact) mass is 580 g/mol. The first-order chi connectivity index (χ1) is 19.3. The number of aliphatic hydroxyl groups excluding tert-OH is 1. The van der Waals surface area contributed by atoms with Gasteiger partial charge in [-0.05, 0) is 68.3 Å². The maximum absolute atomic E-state index is 13.7. The number of halogens is 1. The van der Waals surface area contributed by atoms with E-state index in [-0.39, 0.29) is 11.3 Å². The van der Waals surface area contributed by atoms with Crippen molar-refractivity contribution in [3.8, 4) is 11.5 Å². The van der Waals surface area contributed by atoms with Crippen molar-refractivity contribution in [2.24, 2.45) is 0 Å². The maximum atomic E-state index is 13.7. The summed E-state index contributed by atoms with van der Waals surface area (Å²) < 4.78 is 18.2. The third kappa shape index (κ3) is 5.31. The van der Waals surface area contributed by atoms with Gasteiger partial charge < -0.3 is 19.0 Å². The Hall–Kier alpha value is -3.82. The number of unbranched alkanes of at least 4 members (excludes halogenated alkanes) is 2. The Morgan fingerprint density at radius 3 is 2.65 bits per heavy atom. The van der Waals surface area contributed by atoms with E-state index in [0.717, 1.165) is 24.0 Å². The van der Waals surface area contributed by atoms with Crippen LogP contribution in [-0.2, 0) is 4.79 Å². The second kappa shape index (κ2) is 11.7. The number of furan rings is 1. The predicted octanol–water partition coefficient (Wildman–Crippen LogP) is 7.60. The molecule has 0 radical (unpaired) electrons. The Morgan fingerprint density at radius 2 is 1.93 bits per heavy atom. The number of aryl methyl sites for hydroxylation is 1. The number of aromatic nitrogens is 1. The van der Waals surface area contributed by atoms with Crippen molar-refractivity contribution in [2.45, 2.75) is 46.1 Å². The number of thiazole rings is 1. The largest absolute Gasteiger partial charge is 0.503 e. The minimum absolute atomic E-state index is 0.0238. The highest BCUT2D eigenvalue weighted by Crippen LogP contribution is 2.46. The fourth-order valence-corrected chi connectivity index (χ4v) is 5.91. The number of hydrogen-bond acceptors (Lipinski definition) is 8. The molecule has 0 saturated heterocycles. The van der Waals surface area contributed by atoms with Gasteiger partial charge in [0.25, 0.3) is 5.91 Å². The Bertz CT molecular complexity index is 1610. The van der Waals surface area contributed by atoms with Crippen LogP contribution in [0, 0.1) is 6.92 Å². The number of fused-ring (bicyclic) bond motifs is 1. The molecular formula is C30H29ClN2O6S. The molecule has 40 heavy (non-hydrogen) atoms. The maximum Gasteiger partial charge on any atom is 0.296 e. The summed E-state index contributed by atoms with van der Waals surface area (Å²) in [6, 6.07) is 12.7. The lowest BCUT2D eigenvalue weighted by molar-refractivity contribution is -0.117. The molecule has 0 spiro atoms. The zero-order valence-corrected chi connectivity index (χ0v) is 24.0. The van der Waals surface area contributed by atoms with Gasteiger partial charge in [-0.15, -0.1) is 0 Å². The van der Waals surface area contributed by atoms with Gasteiger partial charge in [0.15, 0.2) is 28.1 Å². The molecule has 1 N–H and O–H groups in total. The highest BCUT2D eigenvalue weighted by Gasteiger charge is 2.46. The van der Waals surface area contributed by atoms with Gasteiger partial charge >= 0.3 is 0 Å². The zero-order valence-electron chi connectivity index (χ0n) is 22.4. The molecule has 2 aromatic heterocycles.